The zero-order chi connectivity index (χ0) is 71.4. The maximum Gasteiger partial charge on any atom is 0.305 e. The number of thioether (sulfide) groups is 2. The highest BCUT2D eigenvalue weighted by molar-refractivity contribution is 7.98. The van der Waals surface area contributed by atoms with Crippen LogP contribution in [-0.2, 0) is 89.9 Å². The van der Waals surface area contributed by atoms with Crippen molar-refractivity contribution in [2.75, 3.05) is 31.1 Å². The van der Waals surface area contributed by atoms with Gasteiger partial charge in [0, 0.05) is 102 Å². The molecule has 8 atom stereocenters. The third kappa shape index (κ3) is 21.3. The van der Waals surface area contributed by atoms with Crippen molar-refractivity contribution in [3.05, 3.63) is 165 Å². The minimum atomic E-state index is -2.01. The molecule has 0 unspecified atom stereocenters. The van der Waals surface area contributed by atoms with E-state index in [1.807, 2.05) is 24.3 Å². The number of allylic oxidation sites excluding steroid dienone is 1. The normalized spacial score (nSPS) is 22.6. The third-order valence-corrected chi connectivity index (χ3v) is 20.0. The number of carbonyl (C=O) groups is 11. The number of carboxylic acid groups (broad SMARTS) is 1. The molecule has 25 nitrogen and oxygen atoms in total. The monoisotopic (exact) mass is 1430 g/mol. The van der Waals surface area contributed by atoms with Crippen LogP contribution in [0.25, 0.3) is 16.5 Å². The summed E-state index contributed by atoms with van der Waals surface area (Å²) in [6.45, 7) is -0.329. The van der Waals surface area contributed by atoms with Crippen LogP contribution >= 0.6 is 35.1 Å². The van der Waals surface area contributed by atoms with E-state index >= 15 is 14.4 Å². The fourth-order valence-corrected chi connectivity index (χ4v) is 14.6. The van der Waals surface area contributed by atoms with Gasteiger partial charge in [0.05, 0.1) is 31.3 Å². The van der Waals surface area contributed by atoms with E-state index in [0.29, 0.717) is 86.8 Å². The van der Waals surface area contributed by atoms with Crippen molar-refractivity contribution >= 4 is 117 Å². The number of primary amides is 1. The Bertz CT molecular complexity index is 4030. The highest BCUT2D eigenvalue weighted by Crippen LogP contribution is 2.32. The van der Waals surface area contributed by atoms with Crippen molar-refractivity contribution in [3.63, 3.8) is 0 Å². The molecule has 4 heterocycles. The van der Waals surface area contributed by atoms with Crippen molar-refractivity contribution in [1.29, 1.82) is 0 Å². The van der Waals surface area contributed by atoms with Crippen LogP contribution in [0.5, 0.6) is 0 Å². The van der Waals surface area contributed by atoms with E-state index in [9.17, 15) is 52.2 Å². The molecule has 9 amide bonds. The van der Waals surface area contributed by atoms with Gasteiger partial charge >= 0.3 is 5.97 Å². The second kappa shape index (κ2) is 36.1. The molecule has 30 heteroatoms. The van der Waals surface area contributed by atoms with Crippen LogP contribution in [0.15, 0.2) is 110 Å². The topological polar surface area (TPSA) is 392 Å². The van der Waals surface area contributed by atoms with E-state index in [2.05, 4.69) is 52.2 Å². The Balaban J connectivity index is 1.05. The summed E-state index contributed by atoms with van der Waals surface area (Å²) >= 11 is 9.30. The van der Waals surface area contributed by atoms with Crippen LogP contribution in [0.4, 0.5) is 8.78 Å². The average molecular weight is 1430 g/mol. The first kappa shape index (κ1) is 74.8. The highest BCUT2D eigenvalue weighted by atomic mass is 35.5. The predicted octanol–water partition coefficient (Wildman–Crippen LogP) is 4.13. The molecular weight excluding hydrogens is 1350 g/mol. The number of aromatic nitrogens is 3. The fourth-order valence-electron chi connectivity index (χ4n) is 12.4. The number of aliphatic carboxylic acids is 1. The van der Waals surface area contributed by atoms with Gasteiger partial charge in [-0.2, -0.15) is 23.5 Å². The number of Topliss-reactive ketones (excluding diaryl/α,β-unsaturated/α-hetero) is 1. The van der Waals surface area contributed by atoms with E-state index in [1.165, 1.54) is 77.5 Å². The number of benzene rings is 4. The SMILES string of the molecule is NCCCC[C@@H]1NC(=O)CCSCc2cccc(c2)CSC[C@@H](C(N)=O)CC(=O)[C@@H]2CCCN2C(=O)[C@H](Cc2cccc(Cl)c2)NC(=O)[C@H](Cc2cnc[nH]2)NC(=O)[C@H](CC(=O)O)NC(=O)[C@H](CC2=CCc3ccc(F)cc32)NC(=O)[C@H](Cc2c[nH]c3ccc(F)cc23)NC(=O)CNC1=O. The van der Waals surface area contributed by atoms with Gasteiger partial charge in [0.15, 0.2) is 5.78 Å². The maximum absolute atomic E-state index is 15.1. The Morgan fingerprint density at radius 1 is 0.700 bits per heavy atom. The van der Waals surface area contributed by atoms with Crippen LogP contribution in [0.3, 0.4) is 0 Å². The van der Waals surface area contributed by atoms with Gasteiger partial charge in [-0.05, 0) is 126 Å². The average Bonchev–Trinajstić information content (AvgIpc) is 1.64. The molecule has 9 rings (SSSR count). The maximum atomic E-state index is 15.1. The first-order valence-corrected chi connectivity index (χ1v) is 35.6. The number of H-pyrrole nitrogens is 2. The molecule has 1 saturated heterocycles. The molecule has 2 aromatic heterocycles. The van der Waals surface area contributed by atoms with Crippen molar-refractivity contribution in [2.24, 2.45) is 17.4 Å². The standard InChI is InChI=1S/C70H80ClF2N13O12S2/c71-46-9-4-6-39(23-46)24-58-70(98)86-20-5-11-59(86)60(87)27-45(64(75)92)37-100-36-41-8-3-7-40(22-41)35-99-21-18-61(88)80-53(10-1-2-19-74)65(93)78-34-62(89)81-54(26-44-32-77-52-17-16-48(73)29-51(44)52)66(94)82-55(25-43-13-12-42-14-15-47(72)28-50(42)43)67(95)84-57(31-63(90)91)69(97)83-56(68(96)85-58)30-49-33-76-38-79-49/h3-4,6-9,13-17,22-23,28-29,32-33,38,45,53-59,77H,1-2,5,10-12,18-21,24-27,30-31,34-37,74H2,(H2,75,92)(H,76,79)(H,78,93)(H,80,88)(H,81,89)(H,82,94)(H,83,97)(H,84,95)(H,85,96)(H,90,91)/t45-,53-,54-,55-,56-,57-,58-,59-/m0/s1. The van der Waals surface area contributed by atoms with E-state index < -0.39 is 144 Å². The van der Waals surface area contributed by atoms with E-state index in [4.69, 9.17) is 23.1 Å². The molecule has 1 fully saturated rings. The molecule has 14 N–H and O–H groups in total. The molecule has 0 saturated carbocycles. The number of aromatic amines is 2. The Morgan fingerprint density at radius 2 is 1.38 bits per heavy atom. The Labute approximate surface area is 588 Å². The largest absolute Gasteiger partial charge is 0.481 e. The van der Waals surface area contributed by atoms with E-state index in [-0.39, 0.29) is 69.4 Å². The number of hydrogen-bond donors (Lipinski definition) is 12. The number of carbonyl (C=O) groups excluding carboxylic acids is 10. The zero-order valence-corrected chi connectivity index (χ0v) is 57.0. The van der Waals surface area contributed by atoms with Crippen molar-refractivity contribution in [3.8, 4) is 0 Å². The van der Waals surface area contributed by atoms with Gasteiger partial charge in [0.1, 0.15) is 47.9 Å². The van der Waals surface area contributed by atoms with Crippen LogP contribution in [0, 0.1) is 17.6 Å². The fraction of sp³-hybridized carbons (Fsp3) is 0.400. The Kier molecular flexibility index (Phi) is 27.0. The predicted molar refractivity (Wildman–Crippen MR) is 372 cm³/mol. The molecule has 6 aromatic rings. The Hall–Kier alpha value is -9.45. The number of carboxylic acids is 1. The summed E-state index contributed by atoms with van der Waals surface area (Å²) in [7, 11) is 0. The summed E-state index contributed by atoms with van der Waals surface area (Å²) in [5.74, 6) is -10.5. The number of imidazole rings is 1. The summed E-state index contributed by atoms with van der Waals surface area (Å²) in [6, 6.07) is 11.5. The highest BCUT2D eigenvalue weighted by Gasteiger charge is 2.41. The molecule has 100 heavy (non-hydrogen) atoms. The minimum Gasteiger partial charge on any atom is -0.481 e. The number of nitrogens with two attached hydrogens (primary N) is 2. The summed E-state index contributed by atoms with van der Waals surface area (Å²) in [6.07, 6.45) is 5.20. The second-order valence-electron chi connectivity index (χ2n) is 24.9. The van der Waals surface area contributed by atoms with Gasteiger partial charge in [-0.25, -0.2) is 13.8 Å². The lowest BCUT2D eigenvalue weighted by molar-refractivity contribution is -0.142. The number of fused-ring (bicyclic) bond motifs is 5. The number of hydrogen-bond acceptors (Lipinski definition) is 15. The van der Waals surface area contributed by atoms with Crippen molar-refractivity contribution in [2.45, 2.75) is 137 Å². The summed E-state index contributed by atoms with van der Waals surface area (Å²) < 4.78 is 29.8. The third-order valence-electron chi connectivity index (χ3n) is 17.5. The molecular formula is C70H80ClF2N13O12S2. The van der Waals surface area contributed by atoms with Gasteiger partial charge in [-0.15, -0.1) is 0 Å². The molecule has 2 aliphatic heterocycles. The Morgan fingerprint density at radius 3 is 2.10 bits per heavy atom. The number of nitrogens with one attached hydrogen (secondary N) is 9. The zero-order valence-electron chi connectivity index (χ0n) is 54.6. The first-order valence-electron chi connectivity index (χ1n) is 32.9. The molecule has 4 aromatic carbocycles. The lowest BCUT2D eigenvalue weighted by Crippen LogP contribution is -2.60. The van der Waals surface area contributed by atoms with Crippen LogP contribution < -0.4 is 48.7 Å². The number of ketones is 1. The number of nitrogens with zero attached hydrogens (tertiary/aromatic N) is 2. The minimum absolute atomic E-state index is 0.0241. The molecule has 2 bridgehead atoms. The van der Waals surface area contributed by atoms with Crippen molar-refractivity contribution < 1.29 is 66.6 Å². The number of rotatable bonds is 15. The number of halogens is 3. The van der Waals surface area contributed by atoms with Crippen LogP contribution in [0.1, 0.15) is 96.9 Å². The summed E-state index contributed by atoms with van der Waals surface area (Å²) in [4.78, 5) is 168. The quantitative estimate of drug-likeness (QED) is 0.0643. The molecule has 530 valence electrons. The van der Waals surface area contributed by atoms with Gasteiger partial charge in [0.25, 0.3) is 0 Å². The van der Waals surface area contributed by atoms with E-state index in [1.54, 1.807) is 36.4 Å². The summed E-state index contributed by atoms with van der Waals surface area (Å²) in [5.41, 5.74) is 16.6. The molecule has 3 aliphatic rings. The number of unbranched alkanes of at least 4 members (excludes halogenated alkanes) is 1. The molecule has 0 radical (unpaired) electrons. The number of amides is 9. The molecule has 0 spiro atoms. The second-order valence-corrected chi connectivity index (χ2v) is 27.5. The van der Waals surface area contributed by atoms with Crippen molar-refractivity contribution in [1.82, 2.24) is 57.1 Å². The molecule has 1 aliphatic carbocycles. The van der Waals surface area contributed by atoms with Crippen LogP contribution in [-0.4, -0.2) is 163 Å². The first-order chi connectivity index (χ1) is 48.1. The van der Waals surface area contributed by atoms with Gasteiger partial charge in [0.2, 0.25) is 53.2 Å². The summed E-state index contributed by atoms with van der Waals surface area (Å²) in [5, 5.41) is 29.4. The smallest absolute Gasteiger partial charge is 0.305 e. The van der Waals surface area contributed by atoms with Gasteiger partial charge in [-0.3, -0.25) is 52.7 Å². The lowest BCUT2D eigenvalue weighted by Gasteiger charge is -2.31. The van der Waals surface area contributed by atoms with Gasteiger partial charge < -0.3 is 68.7 Å². The van der Waals surface area contributed by atoms with Crippen LogP contribution in [0.2, 0.25) is 5.02 Å². The lowest BCUT2D eigenvalue weighted by atomic mass is 9.97. The van der Waals surface area contributed by atoms with E-state index in [0.717, 1.165) is 11.1 Å². The van der Waals surface area contributed by atoms with Gasteiger partial charge in [-0.1, -0.05) is 60.1 Å².